The number of rotatable bonds is 1. The first kappa shape index (κ1) is 9.96. The Morgan fingerprint density at radius 2 is 2.00 bits per heavy atom. The van der Waals surface area contributed by atoms with Gasteiger partial charge in [0.1, 0.15) is 0 Å². The van der Waals surface area contributed by atoms with Crippen LogP contribution in [0, 0.1) is 16.0 Å². The zero-order valence-corrected chi connectivity index (χ0v) is 8.50. The zero-order chi connectivity index (χ0) is 10.2. The molecule has 1 aliphatic carbocycles. The van der Waals surface area contributed by atoms with Crippen molar-refractivity contribution in [1.82, 2.24) is 0 Å². The van der Waals surface area contributed by atoms with E-state index in [1.165, 1.54) is 0 Å². The molecule has 0 bridgehead atoms. The van der Waals surface area contributed by atoms with Crippen LogP contribution < -0.4 is 0 Å². The van der Waals surface area contributed by atoms with Crippen molar-refractivity contribution in [3.8, 4) is 0 Å². The first-order valence-electron chi connectivity index (χ1n) is 4.40. The molecule has 1 rings (SSSR count). The van der Waals surface area contributed by atoms with E-state index in [0.717, 1.165) is 11.1 Å². The Morgan fingerprint density at radius 1 is 1.46 bits per heavy atom. The summed E-state index contributed by atoms with van der Waals surface area (Å²) in [6, 6.07) is 0. The summed E-state index contributed by atoms with van der Waals surface area (Å²) in [4.78, 5) is 10.7. The topological polar surface area (TPSA) is 43.1 Å². The fourth-order valence-electron chi connectivity index (χ4n) is 1.58. The lowest BCUT2D eigenvalue weighted by Gasteiger charge is -2.27. The smallest absolute Gasteiger partial charge is 0.244 e. The second-order valence-corrected chi connectivity index (χ2v) is 3.95. The molecule has 0 N–H and O–H groups in total. The molecule has 1 aliphatic rings. The van der Waals surface area contributed by atoms with Gasteiger partial charge >= 0.3 is 0 Å². The van der Waals surface area contributed by atoms with Crippen molar-refractivity contribution in [2.45, 2.75) is 33.2 Å². The molecule has 0 radical (unpaired) electrons. The Kier molecular flexibility index (Phi) is 2.28. The van der Waals surface area contributed by atoms with Gasteiger partial charge in [0.2, 0.25) is 5.54 Å². The summed E-state index contributed by atoms with van der Waals surface area (Å²) in [5.74, 6) is -0.0359. The maximum Gasteiger partial charge on any atom is 0.244 e. The van der Waals surface area contributed by atoms with Crippen molar-refractivity contribution in [3.63, 3.8) is 0 Å². The van der Waals surface area contributed by atoms with Crippen molar-refractivity contribution in [2.24, 2.45) is 5.92 Å². The first-order chi connectivity index (χ1) is 5.88. The van der Waals surface area contributed by atoms with Crippen molar-refractivity contribution in [3.05, 3.63) is 33.4 Å². The third-order valence-electron chi connectivity index (χ3n) is 2.95. The maximum atomic E-state index is 10.9. The molecule has 0 spiro atoms. The van der Waals surface area contributed by atoms with Crippen LogP contribution >= 0.6 is 0 Å². The molecule has 0 fully saturated rings. The van der Waals surface area contributed by atoms with Crippen LogP contribution in [-0.2, 0) is 0 Å². The molecule has 0 saturated heterocycles. The fraction of sp³-hybridized carbons (Fsp3) is 0.600. The second-order valence-electron chi connectivity index (χ2n) is 3.95. The van der Waals surface area contributed by atoms with E-state index < -0.39 is 5.54 Å². The van der Waals surface area contributed by atoms with Crippen LogP contribution in [0.3, 0.4) is 0 Å². The van der Waals surface area contributed by atoms with E-state index in [0.29, 0.717) is 0 Å². The number of nitrogens with zero attached hydrogens (tertiary/aromatic N) is 1. The highest BCUT2D eigenvalue weighted by Gasteiger charge is 2.42. The summed E-state index contributed by atoms with van der Waals surface area (Å²) >= 11 is 0. The van der Waals surface area contributed by atoms with Crippen molar-refractivity contribution < 1.29 is 4.92 Å². The summed E-state index contributed by atoms with van der Waals surface area (Å²) in [7, 11) is 0. The molecule has 0 aromatic carbocycles. The van der Waals surface area contributed by atoms with Gasteiger partial charge in [-0.05, 0) is 25.5 Å². The third-order valence-corrected chi connectivity index (χ3v) is 2.95. The lowest BCUT2D eigenvalue weighted by Crippen LogP contribution is -2.40. The quantitative estimate of drug-likeness (QED) is 0.461. The standard InChI is InChI=1S/C10H15NO2/c1-7-5-9(3)10(4,11(12)13)6-8(7)2/h5-6,9H,1-4H3. The fourth-order valence-corrected chi connectivity index (χ4v) is 1.58. The van der Waals surface area contributed by atoms with Gasteiger partial charge in [-0.1, -0.05) is 18.6 Å². The molecular formula is C10H15NO2. The van der Waals surface area contributed by atoms with Crippen LogP contribution in [0.4, 0.5) is 0 Å². The first-order valence-corrected chi connectivity index (χ1v) is 4.40. The molecule has 0 aromatic heterocycles. The Balaban J connectivity index is 3.12. The maximum absolute atomic E-state index is 10.9. The Hall–Kier alpha value is -1.12. The molecule has 2 atom stereocenters. The van der Waals surface area contributed by atoms with Gasteiger partial charge in [-0.15, -0.1) is 0 Å². The Labute approximate surface area is 78.3 Å². The summed E-state index contributed by atoms with van der Waals surface area (Å²) in [5.41, 5.74) is 1.23. The van der Waals surface area contributed by atoms with E-state index in [1.807, 2.05) is 26.8 Å². The summed E-state index contributed by atoms with van der Waals surface area (Å²) in [6.45, 7) is 7.46. The molecule has 0 aromatic rings. The van der Waals surface area contributed by atoms with E-state index in [-0.39, 0.29) is 10.8 Å². The highest BCUT2D eigenvalue weighted by Crippen LogP contribution is 2.32. The van der Waals surface area contributed by atoms with Crippen LogP contribution in [0.5, 0.6) is 0 Å². The number of hydrogen-bond donors (Lipinski definition) is 0. The average molecular weight is 181 g/mol. The predicted octanol–water partition coefficient (Wildman–Crippen LogP) is 2.56. The van der Waals surface area contributed by atoms with Crippen molar-refractivity contribution in [1.29, 1.82) is 0 Å². The number of nitro groups is 1. The third kappa shape index (κ3) is 1.50. The monoisotopic (exact) mass is 181 g/mol. The van der Waals surface area contributed by atoms with E-state index in [9.17, 15) is 10.1 Å². The van der Waals surface area contributed by atoms with Crippen LogP contribution in [0.1, 0.15) is 27.7 Å². The molecular weight excluding hydrogens is 166 g/mol. The van der Waals surface area contributed by atoms with Crippen molar-refractivity contribution >= 4 is 0 Å². The van der Waals surface area contributed by atoms with E-state index in [4.69, 9.17) is 0 Å². The van der Waals surface area contributed by atoms with Crippen LogP contribution in [-0.4, -0.2) is 10.5 Å². The van der Waals surface area contributed by atoms with E-state index in [1.54, 1.807) is 13.0 Å². The number of hydrogen-bond acceptors (Lipinski definition) is 2. The van der Waals surface area contributed by atoms with Crippen LogP contribution in [0.25, 0.3) is 0 Å². The van der Waals surface area contributed by atoms with Gasteiger partial charge in [0.15, 0.2) is 0 Å². The minimum atomic E-state index is -0.927. The Morgan fingerprint density at radius 3 is 2.46 bits per heavy atom. The predicted molar refractivity (Wildman–Crippen MR) is 52.1 cm³/mol. The highest BCUT2D eigenvalue weighted by molar-refractivity contribution is 5.35. The lowest BCUT2D eigenvalue weighted by atomic mass is 9.79. The highest BCUT2D eigenvalue weighted by atomic mass is 16.6. The van der Waals surface area contributed by atoms with Crippen LogP contribution in [0.15, 0.2) is 23.3 Å². The van der Waals surface area contributed by atoms with Gasteiger partial charge in [0.25, 0.3) is 0 Å². The molecule has 72 valence electrons. The normalized spacial score (nSPS) is 33.7. The lowest BCUT2D eigenvalue weighted by molar-refractivity contribution is -0.558. The van der Waals surface area contributed by atoms with Gasteiger partial charge in [-0.2, -0.15) is 0 Å². The SMILES string of the molecule is CC1=CC(C)C(C)([N+](=O)[O-])C=C1C. The summed E-state index contributed by atoms with van der Waals surface area (Å²) in [6.07, 6.45) is 3.73. The van der Waals surface area contributed by atoms with Gasteiger partial charge in [-0.25, -0.2) is 0 Å². The van der Waals surface area contributed by atoms with Gasteiger partial charge in [0.05, 0.1) is 0 Å². The summed E-state index contributed by atoms with van der Waals surface area (Å²) < 4.78 is 0. The van der Waals surface area contributed by atoms with E-state index >= 15 is 0 Å². The second kappa shape index (κ2) is 2.98. The van der Waals surface area contributed by atoms with Gasteiger partial charge < -0.3 is 0 Å². The Bertz CT molecular complexity index is 304. The molecule has 13 heavy (non-hydrogen) atoms. The number of allylic oxidation sites excluding steroid dienone is 2. The zero-order valence-electron chi connectivity index (χ0n) is 8.50. The molecule has 3 nitrogen and oxygen atoms in total. The molecule has 3 heteroatoms. The summed E-state index contributed by atoms with van der Waals surface area (Å²) in [5, 5.41) is 10.9. The van der Waals surface area contributed by atoms with E-state index in [2.05, 4.69) is 0 Å². The largest absolute Gasteiger partial charge is 0.264 e. The average Bonchev–Trinajstić information content (AvgIpc) is 2.01. The molecule has 0 heterocycles. The van der Waals surface area contributed by atoms with Crippen LogP contribution in [0.2, 0.25) is 0 Å². The van der Waals surface area contributed by atoms with Crippen molar-refractivity contribution in [2.75, 3.05) is 0 Å². The molecule has 2 unspecified atom stereocenters. The minimum Gasteiger partial charge on any atom is -0.264 e. The van der Waals surface area contributed by atoms with Gasteiger partial charge in [0, 0.05) is 17.8 Å². The minimum absolute atomic E-state index is 0.0359. The van der Waals surface area contributed by atoms with Gasteiger partial charge in [-0.3, -0.25) is 10.1 Å². The molecule has 0 amide bonds. The molecule has 0 saturated carbocycles. The molecule has 0 aliphatic heterocycles.